The molecular weight excluding hydrogens is 608 g/mol. The Balaban J connectivity index is 1.57. The van der Waals surface area contributed by atoms with Crippen LogP contribution in [0.4, 0.5) is 0 Å². The highest BCUT2D eigenvalue weighted by molar-refractivity contribution is 4.97. The predicted octanol–water partition coefficient (Wildman–Crippen LogP) is -8.72. The van der Waals surface area contributed by atoms with E-state index in [0.717, 1.165) is 0 Å². The molecule has 1 unspecified atom stereocenters. The van der Waals surface area contributed by atoms with Crippen LogP contribution >= 0.6 is 0 Å². The van der Waals surface area contributed by atoms with Gasteiger partial charge in [-0.05, 0) is 6.92 Å². The molecule has 0 bridgehead atoms. The van der Waals surface area contributed by atoms with Gasteiger partial charge in [-0.1, -0.05) is 0 Å². The molecule has 4 rings (SSSR count). The molecule has 4 heterocycles. The summed E-state index contributed by atoms with van der Waals surface area (Å²) in [6, 6.07) is 0. The van der Waals surface area contributed by atoms with E-state index in [-0.39, 0.29) is 0 Å². The smallest absolute Gasteiger partial charge is 0.187 e. The summed E-state index contributed by atoms with van der Waals surface area (Å²) in [6.07, 6.45) is -34.6. The van der Waals surface area contributed by atoms with Crippen molar-refractivity contribution in [3.8, 4) is 0 Å². The molecule has 0 spiro atoms. The fraction of sp³-hybridized carbons (Fsp3) is 1.00. The maximum absolute atomic E-state index is 11.1. The van der Waals surface area contributed by atoms with Gasteiger partial charge in [0.25, 0.3) is 0 Å². The van der Waals surface area contributed by atoms with Crippen molar-refractivity contribution in [2.75, 3.05) is 19.8 Å². The normalized spacial score (nSPS) is 53.9. The van der Waals surface area contributed by atoms with Gasteiger partial charge in [-0.25, -0.2) is 0 Å². The summed E-state index contributed by atoms with van der Waals surface area (Å²) < 4.78 is 38.3. The average molecular weight is 651 g/mol. The van der Waals surface area contributed by atoms with Crippen LogP contribution in [0.2, 0.25) is 0 Å². The van der Waals surface area contributed by atoms with E-state index >= 15 is 0 Å². The second-order valence-corrected chi connectivity index (χ2v) is 11.1. The van der Waals surface area contributed by atoms with Crippen molar-refractivity contribution in [1.29, 1.82) is 0 Å². The summed E-state index contributed by atoms with van der Waals surface area (Å²) >= 11 is 0. The molecule has 258 valence electrons. The second kappa shape index (κ2) is 15.0. The molecule has 4 aliphatic rings. The van der Waals surface area contributed by atoms with Crippen LogP contribution in [0.1, 0.15) is 6.92 Å². The van der Waals surface area contributed by atoms with Crippen molar-refractivity contribution in [1.82, 2.24) is 0 Å². The molecule has 0 aromatic rings. The highest BCUT2D eigenvalue weighted by Crippen LogP contribution is 2.34. The lowest BCUT2D eigenvalue weighted by molar-refractivity contribution is -0.392. The first-order chi connectivity index (χ1) is 20.7. The topological polar surface area (TPSA) is 328 Å². The van der Waals surface area contributed by atoms with Gasteiger partial charge < -0.3 is 99.5 Å². The quantitative estimate of drug-likeness (QED) is 0.110. The van der Waals surface area contributed by atoms with Crippen LogP contribution in [0, 0.1) is 0 Å². The Morgan fingerprint density at radius 1 is 0.409 bits per heavy atom. The minimum absolute atomic E-state index is 0.803. The van der Waals surface area contributed by atoms with Crippen molar-refractivity contribution >= 4 is 0 Å². The van der Waals surface area contributed by atoms with Crippen LogP contribution in [0.15, 0.2) is 0 Å². The molecule has 0 amide bonds. The fourth-order valence-corrected chi connectivity index (χ4v) is 5.47. The molecule has 0 aliphatic carbocycles. The van der Waals surface area contributed by atoms with Crippen LogP contribution < -0.4 is 0 Å². The minimum atomic E-state index is -2.02. The van der Waals surface area contributed by atoms with E-state index in [2.05, 4.69) is 0 Å². The molecule has 0 radical (unpaired) electrons. The van der Waals surface area contributed by atoms with Crippen LogP contribution in [0.5, 0.6) is 0 Å². The molecule has 0 aromatic carbocycles. The third-order valence-corrected chi connectivity index (χ3v) is 8.17. The van der Waals surface area contributed by atoms with Crippen molar-refractivity contribution in [2.24, 2.45) is 0 Å². The Morgan fingerprint density at radius 3 is 1.43 bits per heavy atom. The van der Waals surface area contributed by atoms with Gasteiger partial charge in [-0.3, -0.25) is 0 Å². The Hall–Kier alpha value is -0.800. The standard InChI is InChI=1S/C24H42O20/c1-5-9(28)12(31)14(33)22(38-5)44-20-16(35)21(37)39-8(4-27)18(20)42-24-17(36)19(11(30)7(3-26)41-24)43-23-15(34)13(32)10(29)6(2-25)40-23/h5-37H,2-4H2,1H3/t5-,6+,7+,8+,9+,10-,11-,12+,13-,14-,15+,16+,17+,18+,19-,20+,21?,22-,23+,24-/m0/s1. The van der Waals surface area contributed by atoms with E-state index in [9.17, 15) is 66.4 Å². The van der Waals surface area contributed by atoms with Gasteiger partial charge in [0.15, 0.2) is 25.2 Å². The first kappa shape index (κ1) is 36.0. The van der Waals surface area contributed by atoms with Crippen LogP contribution in [0.3, 0.4) is 0 Å². The molecule has 13 N–H and O–H groups in total. The van der Waals surface area contributed by atoms with Gasteiger partial charge in [0.2, 0.25) is 0 Å². The Morgan fingerprint density at radius 2 is 0.864 bits per heavy atom. The van der Waals surface area contributed by atoms with Gasteiger partial charge >= 0.3 is 0 Å². The monoisotopic (exact) mass is 650 g/mol. The number of aliphatic hydroxyl groups excluding tert-OH is 13. The van der Waals surface area contributed by atoms with Gasteiger partial charge in [-0.15, -0.1) is 0 Å². The van der Waals surface area contributed by atoms with E-state index in [1.807, 2.05) is 0 Å². The summed E-state index contributed by atoms with van der Waals surface area (Å²) in [5.74, 6) is 0. The third-order valence-electron chi connectivity index (χ3n) is 8.17. The molecule has 20 nitrogen and oxygen atoms in total. The van der Waals surface area contributed by atoms with Crippen molar-refractivity contribution in [3.63, 3.8) is 0 Å². The summed E-state index contributed by atoms with van der Waals surface area (Å²) in [4.78, 5) is 0. The molecule has 20 heteroatoms. The van der Waals surface area contributed by atoms with E-state index < -0.39 is 143 Å². The third kappa shape index (κ3) is 7.05. The molecular formula is C24H42O20. The number of rotatable bonds is 9. The largest absolute Gasteiger partial charge is 0.394 e. The van der Waals surface area contributed by atoms with Gasteiger partial charge in [0.1, 0.15) is 91.6 Å². The SMILES string of the molecule is C[C@@H]1O[C@@H](O[C@H]2[C@H](O[C@@H]3O[C@H](CO)[C@H](O)[C@H](O[C@H]4O[C@H](CO)[C@H](O)[C@H](O)[C@H]4O)[C@H]3O)[C@@H](CO)OC(O)[C@@H]2O)[C@@H](O)[C@H](O)[C@@H]1O. The van der Waals surface area contributed by atoms with Crippen molar-refractivity contribution < 1.29 is 99.5 Å². The van der Waals surface area contributed by atoms with Crippen LogP contribution in [-0.2, 0) is 33.2 Å². The Bertz CT molecular complexity index is 900. The average Bonchev–Trinajstić information content (AvgIpc) is 3.01. The summed E-state index contributed by atoms with van der Waals surface area (Å²) in [5.41, 5.74) is 0. The lowest BCUT2D eigenvalue weighted by atomic mass is 9.95. The highest BCUT2D eigenvalue weighted by atomic mass is 16.8. The lowest BCUT2D eigenvalue weighted by Gasteiger charge is -2.49. The zero-order valence-electron chi connectivity index (χ0n) is 23.3. The van der Waals surface area contributed by atoms with Gasteiger partial charge in [0, 0.05) is 0 Å². The molecule has 20 atom stereocenters. The molecule has 4 fully saturated rings. The summed E-state index contributed by atoms with van der Waals surface area (Å²) in [5, 5.41) is 133. The van der Waals surface area contributed by atoms with Crippen molar-refractivity contribution in [2.45, 2.75) is 130 Å². The number of ether oxygens (including phenoxy) is 7. The number of aliphatic hydroxyl groups is 13. The van der Waals surface area contributed by atoms with E-state index in [4.69, 9.17) is 33.2 Å². The van der Waals surface area contributed by atoms with Crippen LogP contribution in [-0.4, -0.2) is 209 Å². The van der Waals surface area contributed by atoms with E-state index in [1.165, 1.54) is 6.92 Å². The Labute approximate surface area is 249 Å². The maximum atomic E-state index is 11.1. The predicted molar refractivity (Wildman–Crippen MR) is 132 cm³/mol. The first-order valence-corrected chi connectivity index (χ1v) is 14.0. The number of hydrogen-bond acceptors (Lipinski definition) is 20. The highest BCUT2D eigenvalue weighted by Gasteiger charge is 2.55. The second-order valence-electron chi connectivity index (χ2n) is 11.1. The summed E-state index contributed by atoms with van der Waals surface area (Å²) in [7, 11) is 0. The van der Waals surface area contributed by atoms with Gasteiger partial charge in [-0.2, -0.15) is 0 Å². The lowest BCUT2D eigenvalue weighted by Crippen LogP contribution is -2.67. The molecule has 0 aromatic heterocycles. The fourth-order valence-electron chi connectivity index (χ4n) is 5.47. The Kier molecular flexibility index (Phi) is 12.3. The van der Waals surface area contributed by atoms with Crippen molar-refractivity contribution in [3.05, 3.63) is 0 Å². The molecule has 4 saturated heterocycles. The van der Waals surface area contributed by atoms with E-state index in [0.29, 0.717) is 0 Å². The molecule has 4 aliphatic heterocycles. The van der Waals surface area contributed by atoms with E-state index in [1.54, 1.807) is 0 Å². The van der Waals surface area contributed by atoms with Gasteiger partial charge in [0.05, 0.1) is 25.9 Å². The first-order valence-electron chi connectivity index (χ1n) is 14.0. The van der Waals surface area contributed by atoms with Crippen LogP contribution in [0.25, 0.3) is 0 Å². The summed E-state index contributed by atoms with van der Waals surface area (Å²) in [6.45, 7) is -1.20. The zero-order chi connectivity index (χ0) is 32.6. The number of hydrogen-bond donors (Lipinski definition) is 13. The minimum Gasteiger partial charge on any atom is -0.394 e. The maximum Gasteiger partial charge on any atom is 0.187 e. The zero-order valence-corrected chi connectivity index (χ0v) is 23.3. The molecule has 0 saturated carbocycles. The molecule has 44 heavy (non-hydrogen) atoms.